The molecule has 33 heavy (non-hydrogen) atoms. The second-order valence-corrected chi connectivity index (χ2v) is 9.77. The molecular formula is C25H36N4O3S. The fourth-order valence-corrected chi connectivity index (χ4v) is 5.52. The zero-order valence-electron chi connectivity index (χ0n) is 19.8. The molecule has 1 atom stereocenters. The summed E-state index contributed by atoms with van der Waals surface area (Å²) < 4.78 is 11.1. The second kappa shape index (κ2) is 11.8. The van der Waals surface area contributed by atoms with E-state index in [0.29, 0.717) is 6.61 Å². The standard InChI is InChI=1S/C25H36N4O3S/c1-20(24(30)29(25-26-12-19-33-25)21-6-4-3-5-7-21)28-15-13-27(14-16-28)17-18-32-23-10-8-22(31-2)9-11-23/h8-12,19-21H,3-7,13-18H2,1-2H3/t20-/m1/s1. The van der Waals surface area contributed by atoms with Gasteiger partial charge in [-0.1, -0.05) is 19.3 Å². The van der Waals surface area contributed by atoms with Gasteiger partial charge in [0.2, 0.25) is 5.91 Å². The summed E-state index contributed by atoms with van der Waals surface area (Å²) in [4.78, 5) is 24.9. The first kappa shape index (κ1) is 24.0. The fraction of sp³-hybridized carbons (Fsp3) is 0.600. The van der Waals surface area contributed by atoms with Crippen molar-refractivity contribution in [3.05, 3.63) is 35.8 Å². The van der Waals surface area contributed by atoms with Crippen molar-refractivity contribution in [1.29, 1.82) is 0 Å². The molecule has 0 spiro atoms. The number of carbonyl (C=O) groups is 1. The van der Waals surface area contributed by atoms with Crippen molar-refractivity contribution in [1.82, 2.24) is 14.8 Å². The monoisotopic (exact) mass is 472 g/mol. The Morgan fingerprint density at radius 3 is 2.45 bits per heavy atom. The number of amides is 1. The summed E-state index contributed by atoms with van der Waals surface area (Å²) in [5.74, 6) is 1.89. The van der Waals surface area contributed by atoms with Crippen molar-refractivity contribution in [3.8, 4) is 11.5 Å². The van der Waals surface area contributed by atoms with Crippen LogP contribution in [-0.4, -0.2) is 79.2 Å². The summed E-state index contributed by atoms with van der Waals surface area (Å²) in [5, 5.41) is 2.82. The highest BCUT2D eigenvalue weighted by atomic mass is 32.1. The summed E-state index contributed by atoms with van der Waals surface area (Å²) in [7, 11) is 1.66. The van der Waals surface area contributed by atoms with Gasteiger partial charge in [0.15, 0.2) is 5.13 Å². The van der Waals surface area contributed by atoms with Gasteiger partial charge < -0.3 is 9.47 Å². The van der Waals surface area contributed by atoms with E-state index < -0.39 is 0 Å². The molecule has 2 fully saturated rings. The van der Waals surface area contributed by atoms with Crippen molar-refractivity contribution >= 4 is 22.4 Å². The molecule has 2 aromatic rings. The number of methoxy groups -OCH3 is 1. The number of aromatic nitrogens is 1. The lowest BCUT2D eigenvalue weighted by molar-refractivity contribution is -0.124. The van der Waals surface area contributed by atoms with Crippen molar-refractivity contribution in [2.24, 2.45) is 0 Å². The van der Waals surface area contributed by atoms with Crippen LogP contribution >= 0.6 is 11.3 Å². The Kier molecular flexibility index (Phi) is 8.58. The van der Waals surface area contributed by atoms with Gasteiger partial charge in [0.25, 0.3) is 0 Å². The summed E-state index contributed by atoms with van der Waals surface area (Å²) in [6, 6.07) is 7.85. The predicted octanol–water partition coefficient (Wildman–Crippen LogP) is 3.90. The molecule has 0 bridgehead atoms. The quantitative estimate of drug-likeness (QED) is 0.552. The predicted molar refractivity (Wildman–Crippen MR) is 132 cm³/mol. The molecule has 1 aliphatic carbocycles. The molecule has 1 saturated heterocycles. The van der Waals surface area contributed by atoms with Crippen molar-refractivity contribution in [2.45, 2.75) is 51.1 Å². The van der Waals surface area contributed by atoms with Gasteiger partial charge in [0.05, 0.1) is 13.2 Å². The van der Waals surface area contributed by atoms with Crippen LogP contribution in [0.3, 0.4) is 0 Å². The van der Waals surface area contributed by atoms with Crippen LogP contribution in [0.15, 0.2) is 35.8 Å². The third-order valence-electron chi connectivity index (χ3n) is 6.85. The lowest BCUT2D eigenvalue weighted by Gasteiger charge is -2.40. The summed E-state index contributed by atoms with van der Waals surface area (Å²) in [5.41, 5.74) is 0. The van der Waals surface area contributed by atoms with E-state index in [4.69, 9.17) is 9.47 Å². The number of hydrogen-bond acceptors (Lipinski definition) is 7. The van der Waals surface area contributed by atoms with Crippen LogP contribution in [0, 0.1) is 0 Å². The minimum Gasteiger partial charge on any atom is -0.497 e. The highest BCUT2D eigenvalue weighted by Crippen LogP contribution is 2.30. The SMILES string of the molecule is COc1ccc(OCCN2CCN([C@H](C)C(=O)N(c3nccs3)C3CCCCC3)CC2)cc1. The van der Waals surface area contributed by atoms with E-state index in [0.717, 1.165) is 62.2 Å². The maximum atomic E-state index is 13.6. The molecule has 0 unspecified atom stereocenters. The van der Waals surface area contributed by atoms with E-state index in [-0.39, 0.29) is 18.0 Å². The molecule has 1 amide bonds. The maximum absolute atomic E-state index is 13.6. The van der Waals surface area contributed by atoms with E-state index in [9.17, 15) is 4.79 Å². The number of hydrogen-bond donors (Lipinski definition) is 0. The summed E-state index contributed by atoms with van der Waals surface area (Å²) in [6.45, 7) is 7.29. The summed E-state index contributed by atoms with van der Waals surface area (Å²) >= 11 is 1.57. The van der Waals surface area contributed by atoms with Crippen LogP contribution < -0.4 is 14.4 Å². The van der Waals surface area contributed by atoms with Crippen molar-refractivity contribution in [2.75, 3.05) is 51.3 Å². The molecule has 1 saturated carbocycles. The first-order valence-electron chi connectivity index (χ1n) is 12.1. The van der Waals surface area contributed by atoms with Gasteiger partial charge in [-0.25, -0.2) is 4.98 Å². The second-order valence-electron chi connectivity index (χ2n) is 8.89. The first-order valence-corrected chi connectivity index (χ1v) is 13.0. The molecule has 8 heteroatoms. The highest BCUT2D eigenvalue weighted by molar-refractivity contribution is 7.13. The number of benzene rings is 1. The van der Waals surface area contributed by atoms with Gasteiger partial charge in [-0.3, -0.25) is 19.5 Å². The molecule has 7 nitrogen and oxygen atoms in total. The molecule has 0 radical (unpaired) electrons. The first-order chi connectivity index (χ1) is 16.2. The molecule has 1 aromatic heterocycles. The topological polar surface area (TPSA) is 58.1 Å². The van der Waals surface area contributed by atoms with E-state index in [2.05, 4.69) is 21.7 Å². The average molecular weight is 473 g/mol. The largest absolute Gasteiger partial charge is 0.497 e. The Labute approximate surface area is 201 Å². The normalized spacial score (nSPS) is 19.2. The fourth-order valence-electron chi connectivity index (χ4n) is 4.80. The number of anilines is 1. The van der Waals surface area contributed by atoms with Crippen LogP contribution in [0.25, 0.3) is 0 Å². The van der Waals surface area contributed by atoms with E-state index in [1.165, 1.54) is 19.3 Å². The van der Waals surface area contributed by atoms with E-state index in [1.807, 2.05) is 34.5 Å². The van der Waals surface area contributed by atoms with Gasteiger partial charge in [-0.2, -0.15) is 0 Å². The lowest BCUT2D eigenvalue weighted by Crippen LogP contribution is -2.56. The van der Waals surface area contributed by atoms with Gasteiger partial charge in [-0.05, 0) is 44.0 Å². The van der Waals surface area contributed by atoms with Gasteiger partial charge in [-0.15, -0.1) is 11.3 Å². The Morgan fingerprint density at radius 2 is 1.82 bits per heavy atom. The zero-order chi connectivity index (χ0) is 23.0. The van der Waals surface area contributed by atoms with Crippen LogP contribution in [0.4, 0.5) is 5.13 Å². The maximum Gasteiger partial charge on any atom is 0.246 e. The molecule has 180 valence electrons. The van der Waals surface area contributed by atoms with Crippen LogP contribution in [0.2, 0.25) is 0 Å². The lowest BCUT2D eigenvalue weighted by atomic mass is 9.94. The minimum atomic E-state index is -0.131. The Balaban J connectivity index is 1.26. The van der Waals surface area contributed by atoms with Crippen LogP contribution in [0.5, 0.6) is 11.5 Å². The molecule has 4 rings (SSSR count). The highest BCUT2D eigenvalue weighted by Gasteiger charge is 2.34. The smallest absolute Gasteiger partial charge is 0.246 e. The van der Waals surface area contributed by atoms with Crippen molar-refractivity contribution in [3.63, 3.8) is 0 Å². The molecule has 2 aliphatic rings. The number of ether oxygens (including phenoxy) is 2. The Bertz CT molecular complexity index is 847. The number of nitrogens with zero attached hydrogens (tertiary/aromatic N) is 4. The number of piperazine rings is 1. The number of rotatable bonds is 9. The Hall–Kier alpha value is -2.16. The minimum absolute atomic E-state index is 0.131. The van der Waals surface area contributed by atoms with Crippen LogP contribution in [0.1, 0.15) is 39.0 Å². The molecule has 1 aliphatic heterocycles. The van der Waals surface area contributed by atoms with Crippen molar-refractivity contribution < 1.29 is 14.3 Å². The van der Waals surface area contributed by atoms with Gasteiger partial charge in [0, 0.05) is 50.3 Å². The molecule has 1 aromatic carbocycles. The van der Waals surface area contributed by atoms with E-state index >= 15 is 0 Å². The third kappa shape index (κ3) is 6.25. The van der Waals surface area contributed by atoms with Gasteiger partial charge in [0.1, 0.15) is 18.1 Å². The average Bonchev–Trinajstić information content (AvgIpc) is 3.39. The zero-order valence-corrected chi connectivity index (χ0v) is 20.6. The summed E-state index contributed by atoms with van der Waals surface area (Å²) in [6.07, 6.45) is 7.65. The molecular weight excluding hydrogens is 436 g/mol. The number of carbonyl (C=O) groups excluding carboxylic acids is 1. The molecule has 0 N–H and O–H groups in total. The Morgan fingerprint density at radius 1 is 1.12 bits per heavy atom. The third-order valence-corrected chi connectivity index (χ3v) is 7.62. The van der Waals surface area contributed by atoms with E-state index in [1.54, 1.807) is 24.6 Å². The van der Waals surface area contributed by atoms with Gasteiger partial charge >= 0.3 is 0 Å². The number of thiazole rings is 1. The molecule has 2 heterocycles. The van der Waals surface area contributed by atoms with Crippen LogP contribution in [-0.2, 0) is 4.79 Å².